The van der Waals surface area contributed by atoms with Crippen molar-refractivity contribution in [3.8, 4) is 5.75 Å². The van der Waals surface area contributed by atoms with Gasteiger partial charge in [0.1, 0.15) is 10.6 Å². The highest BCUT2D eigenvalue weighted by atomic mass is 35.5. The number of pyridine rings is 1. The Kier molecular flexibility index (Phi) is 5.84. The van der Waals surface area contributed by atoms with Crippen LogP contribution in [0, 0.1) is 5.92 Å². The normalized spacial score (nSPS) is 15.5. The molecule has 30 heavy (non-hydrogen) atoms. The summed E-state index contributed by atoms with van der Waals surface area (Å²) in [7, 11) is -2.31. The lowest BCUT2D eigenvalue weighted by molar-refractivity contribution is 0.415. The summed E-state index contributed by atoms with van der Waals surface area (Å²) in [4.78, 5) is 6.78. The molecule has 1 aliphatic heterocycles. The van der Waals surface area contributed by atoms with E-state index in [1.54, 1.807) is 7.11 Å². The number of hydrogen-bond acceptors (Lipinski definition) is 5. The van der Waals surface area contributed by atoms with Gasteiger partial charge in [0.15, 0.2) is 0 Å². The summed E-state index contributed by atoms with van der Waals surface area (Å²) < 4.78 is 32.7. The molecule has 1 aromatic heterocycles. The van der Waals surface area contributed by atoms with Crippen LogP contribution >= 0.6 is 23.2 Å². The zero-order valence-electron chi connectivity index (χ0n) is 16.7. The van der Waals surface area contributed by atoms with Gasteiger partial charge < -0.3 is 9.64 Å². The topological polar surface area (TPSA) is 59.5 Å². The molecule has 0 radical (unpaired) electrons. The Morgan fingerprint density at radius 2 is 1.73 bits per heavy atom. The van der Waals surface area contributed by atoms with Crippen LogP contribution in [-0.2, 0) is 9.84 Å². The summed E-state index contributed by atoms with van der Waals surface area (Å²) in [6.45, 7) is 3.77. The van der Waals surface area contributed by atoms with Crippen LogP contribution in [0.4, 0.5) is 5.69 Å². The SMILES string of the molecule is COc1ccc2ncc(S(=O)(=O)c3cc(Cl)cc(Cl)c3)c(N3CCC(C)CC3)c2c1. The van der Waals surface area contributed by atoms with Crippen LogP contribution in [0.25, 0.3) is 10.9 Å². The average molecular weight is 465 g/mol. The molecule has 158 valence electrons. The number of nitrogens with zero attached hydrogens (tertiary/aromatic N) is 2. The predicted molar refractivity (Wildman–Crippen MR) is 121 cm³/mol. The highest BCUT2D eigenvalue weighted by Crippen LogP contribution is 2.39. The number of rotatable bonds is 4. The summed E-state index contributed by atoms with van der Waals surface area (Å²) in [5.74, 6) is 1.26. The lowest BCUT2D eigenvalue weighted by Gasteiger charge is -2.34. The van der Waals surface area contributed by atoms with E-state index in [0.717, 1.165) is 31.3 Å². The fourth-order valence-electron chi connectivity index (χ4n) is 3.83. The van der Waals surface area contributed by atoms with Crippen molar-refractivity contribution in [2.45, 2.75) is 29.6 Å². The molecule has 0 bridgehead atoms. The van der Waals surface area contributed by atoms with Gasteiger partial charge in [-0.25, -0.2) is 8.42 Å². The average Bonchev–Trinajstić information content (AvgIpc) is 2.72. The molecule has 0 aliphatic carbocycles. The summed E-state index contributed by atoms with van der Waals surface area (Å²) in [5.41, 5.74) is 1.37. The number of piperidine rings is 1. The van der Waals surface area contributed by atoms with Crippen molar-refractivity contribution in [1.29, 1.82) is 0 Å². The Hall–Kier alpha value is -2.02. The van der Waals surface area contributed by atoms with Crippen LogP contribution < -0.4 is 9.64 Å². The number of aromatic nitrogens is 1. The third-order valence-corrected chi connectivity index (χ3v) is 7.72. The zero-order valence-corrected chi connectivity index (χ0v) is 19.1. The van der Waals surface area contributed by atoms with Gasteiger partial charge in [-0.3, -0.25) is 4.98 Å². The number of anilines is 1. The highest BCUT2D eigenvalue weighted by Gasteiger charge is 2.29. The first kappa shape index (κ1) is 21.2. The minimum absolute atomic E-state index is 0.0515. The van der Waals surface area contributed by atoms with Gasteiger partial charge in [0.25, 0.3) is 0 Å². The molecule has 1 fully saturated rings. The molecule has 4 rings (SSSR count). The molecule has 0 unspecified atom stereocenters. The molecule has 0 atom stereocenters. The molecule has 5 nitrogen and oxygen atoms in total. The van der Waals surface area contributed by atoms with Crippen molar-refractivity contribution in [2.75, 3.05) is 25.1 Å². The summed E-state index contributed by atoms with van der Waals surface area (Å²) >= 11 is 12.2. The molecule has 0 amide bonds. The standard InChI is InChI=1S/C22H22Cl2N2O3S/c1-14-5-7-26(8-6-14)22-19-12-17(29-2)3-4-20(19)25-13-21(22)30(27,28)18-10-15(23)9-16(24)11-18/h3-4,9-14H,5-8H2,1-2H3. The van der Waals surface area contributed by atoms with Gasteiger partial charge in [-0.15, -0.1) is 0 Å². The predicted octanol–water partition coefficient (Wildman–Crippen LogP) is 5.62. The molecule has 2 heterocycles. The Labute approximate surface area is 186 Å². The van der Waals surface area contributed by atoms with E-state index in [-0.39, 0.29) is 19.8 Å². The molecular weight excluding hydrogens is 443 g/mol. The van der Waals surface area contributed by atoms with Crippen molar-refractivity contribution in [2.24, 2.45) is 5.92 Å². The first-order chi connectivity index (χ1) is 14.3. The van der Waals surface area contributed by atoms with Gasteiger partial charge in [0, 0.05) is 34.7 Å². The van der Waals surface area contributed by atoms with Gasteiger partial charge >= 0.3 is 0 Å². The van der Waals surface area contributed by atoms with Crippen LogP contribution in [0.1, 0.15) is 19.8 Å². The number of sulfone groups is 1. The van der Waals surface area contributed by atoms with E-state index in [4.69, 9.17) is 27.9 Å². The van der Waals surface area contributed by atoms with Gasteiger partial charge in [-0.2, -0.15) is 0 Å². The molecule has 8 heteroatoms. The third kappa shape index (κ3) is 3.96. The van der Waals surface area contributed by atoms with Crippen molar-refractivity contribution >= 4 is 49.6 Å². The maximum absolute atomic E-state index is 13.6. The number of fused-ring (bicyclic) bond motifs is 1. The minimum atomic E-state index is -3.90. The van der Waals surface area contributed by atoms with E-state index in [9.17, 15) is 8.42 Å². The van der Waals surface area contributed by atoms with E-state index < -0.39 is 9.84 Å². The second-order valence-electron chi connectivity index (χ2n) is 7.63. The molecule has 0 spiro atoms. The quantitative estimate of drug-likeness (QED) is 0.501. The first-order valence-corrected chi connectivity index (χ1v) is 12.0. The van der Waals surface area contributed by atoms with Gasteiger partial charge in [0.2, 0.25) is 9.84 Å². The van der Waals surface area contributed by atoms with E-state index in [2.05, 4.69) is 16.8 Å². The molecule has 1 aliphatic rings. The third-order valence-electron chi connectivity index (χ3n) is 5.55. The largest absolute Gasteiger partial charge is 0.497 e. The molecule has 0 saturated carbocycles. The summed E-state index contributed by atoms with van der Waals surface area (Å²) in [6, 6.07) is 9.86. The fourth-order valence-corrected chi connectivity index (χ4v) is 5.99. The van der Waals surface area contributed by atoms with Gasteiger partial charge in [-0.05, 0) is 55.2 Å². The zero-order chi connectivity index (χ0) is 21.5. The second kappa shape index (κ2) is 8.25. The van der Waals surface area contributed by atoms with E-state index in [1.807, 2.05) is 18.2 Å². The molecular formula is C22H22Cl2N2O3S. The van der Waals surface area contributed by atoms with E-state index in [0.29, 0.717) is 22.9 Å². The maximum atomic E-state index is 13.6. The highest BCUT2D eigenvalue weighted by molar-refractivity contribution is 7.91. The molecule has 2 aromatic carbocycles. The Bertz CT molecular complexity index is 1190. The smallest absolute Gasteiger partial charge is 0.210 e. The second-order valence-corrected chi connectivity index (χ2v) is 10.4. The van der Waals surface area contributed by atoms with Crippen molar-refractivity contribution in [3.63, 3.8) is 0 Å². The van der Waals surface area contributed by atoms with Crippen LogP contribution in [0.3, 0.4) is 0 Å². The van der Waals surface area contributed by atoms with Crippen LogP contribution in [0.5, 0.6) is 5.75 Å². The number of hydrogen-bond donors (Lipinski definition) is 0. The molecule has 1 saturated heterocycles. The first-order valence-electron chi connectivity index (χ1n) is 9.72. The van der Waals surface area contributed by atoms with Gasteiger partial charge in [0.05, 0.1) is 23.2 Å². The number of benzene rings is 2. The van der Waals surface area contributed by atoms with Crippen LogP contribution in [0.2, 0.25) is 10.0 Å². The number of methoxy groups -OCH3 is 1. The number of halogens is 2. The monoisotopic (exact) mass is 464 g/mol. The Morgan fingerprint density at radius 1 is 1.07 bits per heavy atom. The summed E-state index contributed by atoms with van der Waals surface area (Å²) in [5, 5.41) is 1.28. The van der Waals surface area contributed by atoms with Crippen LogP contribution in [0.15, 0.2) is 52.4 Å². The van der Waals surface area contributed by atoms with Crippen molar-refractivity contribution in [1.82, 2.24) is 4.98 Å². The molecule has 3 aromatic rings. The maximum Gasteiger partial charge on any atom is 0.210 e. The van der Waals surface area contributed by atoms with E-state index >= 15 is 0 Å². The Balaban J connectivity index is 1.97. The number of ether oxygens (including phenoxy) is 1. The van der Waals surface area contributed by atoms with E-state index in [1.165, 1.54) is 24.4 Å². The van der Waals surface area contributed by atoms with Crippen molar-refractivity contribution < 1.29 is 13.2 Å². The Morgan fingerprint density at radius 3 is 2.37 bits per heavy atom. The minimum Gasteiger partial charge on any atom is -0.497 e. The van der Waals surface area contributed by atoms with Gasteiger partial charge in [-0.1, -0.05) is 30.1 Å². The summed E-state index contributed by atoms with van der Waals surface area (Å²) in [6.07, 6.45) is 3.43. The lowest BCUT2D eigenvalue weighted by Crippen LogP contribution is -2.34. The van der Waals surface area contributed by atoms with Crippen LogP contribution in [-0.4, -0.2) is 33.6 Å². The van der Waals surface area contributed by atoms with Crippen molar-refractivity contribution in [3.05, 3.63) is 52.6 Å². The fraction of sp³-hybridized carbons (Fsp3) is 0.318. The molecule has 0 N–H and O–H groups in total. The lowest BCUT2D eigenvalue weighted by atomic mass is 9.98.